The van der Waals surface area contributed by atoms with Crippen molar-refractivity contribution in [3.8, 4) is 0 Å². The second kappa shape index (κ2) is 5.74. The Morgan fingerprint density at radius 1 is 1.17 bits per heavy atom. The molecule has 0 saturated carbocycles. The van der Waals surface area contributed by atoms with Gasteiger partial charge >= 0.3 is 5.76 Å². The fourth-order valence-electron chi connectivity index (χ4n) is 3.51. The third kappa shape index (κ3) is 2.72. The largest absolute Gasteiger partial charge is 0.465 e. The Hall–Kier alpha value is -2.27. The molecule has 0 amide bonds. The summed E-state index contributed by atoms with van der Waals surface area (Å²) >= 11 is 0. The predicted octanol–water partition coefficient (Wildman–Crippen LogP) is 3.33. The number of aryl methyl sites for hydroxylation is 1. The van der Waals surface area contributed by atoms with Gasteiger partial charge in [-0.05, 0) is 50.6 Å². The summed E-state index contributed by atoms with van der Waals surface area (Å²) in [5.74, 6) is 1.66. The minimum Gasteiger partial charge on any atom is -0.465 e. The molecule has 5 nitrogen and oxygen atoms in total. The molecule has 4 rings (SSSR count). The summed E-state index contributed by atoms with van der Waals surface area (Å²) in [7, 11) is 0. The summed E-state index contributed by atoms with van der Waals surface area (Å²) in [5, 5.41) is 0. The number of piperidine rings is 1. The van der Waals surface area contributed by atoms with Crippen LogP contribution in [0.25, 0.3) is 11.1 Å². The molecule has 23 heavy (non-hydrogen) atoms. The van der Waals surface area contributed by atoms with Crippen LogP contribution in [0, 0.1) is 6.92 Å². The number of rotatable bonds is 3. The first-order valence-electron chi connectivity index (χ1n) is 8.08. The lowest BCUT2D eigenvalue weighted by atomic mass is 10.1. The van der Waals surface area contributed by atoms with Crippen molar-refractivity contribution in [2.75, 3.05) is 13.1 Å². The van der Waals surface area contributed by atoms with Crippen molar-refractivity contribution in [3.63, 3.8) is 0 Å². The van der Waals surface area contributed by atoms with E-state index in [1.807, 2.05) is 47.9 Å². The highest BCUT2D eigenvalue weighted by Crippen LogP contribution is 2.26. The first-order valence-corrected chi connectivity index (χ1v) is 8.08. The standard InChI is InChI=1S/C18H20N2O3/c1-13-8-9-15(22-13)12-19-10-4-5-14(11-19)20-16-6-2-3-7-17(16)23-18(20)21/h2-3,6-9,14H,4-5,10-12H2,1H3. The number of hydrogen-bond acceptors (Lipinski definition) is 4. The average molecular weight is 312 g/mol. The zero-order chi connectivity index (χ0) is 15.8. The summed E-state index contributed by atoms with van der Waals surface area (Å²) < 4.78 is 12.9. The molecular weight excluding hydrogens is 292 g/mol. The molecule has 2 aromatic heterocycles. The maximum absolute atomic E-state index is 12.3. The van der Waals surface area contributed by atoms with Crippen molar-refractivity contribution in [1.82, 2.24) is 9.47 Å². The smallest absolute Gasteiger partial charge is 0.420 e. The number of para-hydroxylation sites is 2. The molecule has 0 N–H and O–H groups in total. The average Bonchev–Trinajstić information content (AvgIpc) is 3.09. The van der Waals surface area contributed by atoms with Crippen molar-refractivity contribution in [2.45, 2.75) is 32.4 Å². The fraction of sp³-hybridized carbons (Fsp3) is 0.389. The molecule has 5 heteroatoms. The quantitative estimate of drug-likeness (QED) is 0.744. The minimum atomic E-state index is -0.258. The van der Waals surface area contributed by atoms with Crippen LogP contribution in [0.2, 0.25) is 0 Å². The van der Waals surface area contributed by atoms with Gasteiger partial charge in [0.25, 0.3) is 0 Å². The minimum absolute atomic E-state index is 0.149. The first-order chi connectivity index (χ1) is 11.2. The molecule has 1 saturated heterocycles. The zero-order valence-electron chi connectivity index (χ0n) is 13.2. The summed E-state index contributed by atoms with van der Waals surface area (Å²) in [4.78, 5) is 14.6. The van der Waals surface area contributed by atoms with Crippen LogP contribution in [-0.4, -0.2) is 22.6 Å². The number of oxazole rings is 1. The van der Waals surface area contributed by atoms with Crippen LogP contribution in [0.4, 0.5) is 0 Å². The Balaban J connectivity index is 1.59. The van der Waals surface area contributed by atoms with Crippen molar-refractivity contribution in [1.29, 1.82) is 0 Å². The molecule has 1 unspecified atom stereocenters. The van der Waals surface area contributed by atoms with E-state index in [-0.39, 0.29) is 11.8 Å². The van der Waals surface area contributed by atoms with E-state index in [2.05, 4.69) is 4.90 Å². The van der Waals surface area contributed by atoms with Gasteiger partial charge in [-0.15, -0.1) is 0 Å². The van der Waals surface area contributed by atoms with Gasteiger partial charge in [-0.2, -0.15) is 0 Å². The molecule has 0 aliphatic carbocycles. The Morgan fingerprint density at radius 2 is 2.04 bits per heavy atom. The summed E-state index contributed by atoms with van der Waals surface area (Å²) in [6.45, 7) is 4.61. The second-order valence-electron chi connectivity index (χ2n) is 6.25. The fourth-order valence-corrected chi connectivity index (χ4v) is 3.51. The van der Waals surface area contributed by atoms with Gasteiger partial charge in [-0.3, -0.25) is 9.47 Å². The molecule has 1 aliphatic heterocycles. The highest BCUT2D eigenvalue weighted by Gasteiger charge is 2.25. The molecule has 3 aromatic rings. The van der Waals surface area contributed by atoms with E-state index in [1.54, 1.807) is 0 Å². The van der Waals surface area contributed by atoms with Crippen LogP contribution in [0.3, 0.4) is 0 Å². The van der Waals surface area contributed by atoms with Gasteiger partial charge < -0.3 is 8.83 Å². The van der Waals surface area contributed by atoms with Crippen LogP contribution >= 0.6 is 0 Å². The number of aromatic nitrogens is 1. The lowest BCUT2D eigenvalue weighted by Gasteiger charge is -2.32. The topological polar surface area (TPSA) is 51.5 Å². The number of benzene rings is 1. The van der Waals surface area contributed by atoms with Gasteiger partial charge in [0.15, 0.2) is 5.58 Å². The SMILES string of the molecule is Cc1ccc(CN2CCCC(n3c(=O)oc4ccccc43)C2)o1. The molecule has 1 aromatic carbocycles. The Bertz CT molecular complexity index is 874. The molecule has 120 valence electrons. The van der Waals surface area contributed by atoms with Gasteiger partial charge in [0, 0.05) is 6.54 Å². The summed E-state index contributed by atoms with van der Waals surface area (Å²) in [5.41, 5.74) is 1.55. The van der Waals surface area contributed by atoms with Crippen LogP contribution in [0.15, 0.2) is 50.0 Å². The van der Waals surface area contributed by atoms with E-state index in [0.29, 0.717) is 5.58 Å². The molecule has 3 heterocycles. The van der Waals surface area contributed by atoms with E-state index < -0.39 is 0 Å². The zero-order valence-corrected chi connectivity index (χ0v) is 13.2. The lowest BCUT2D eigenvalue weighted by molar-refractivity contribution is 0.157. The predicted molar refractivity (Wildman–Crippen MR) is 87.5 cm³/mol. The van der Waals surface area contributed by atoms with Gasteiger partial charge in [-0.1, -0.05) is 12.1 Å². The van der Waals surface area contributed by atoms with Gasteiger partial charge in [-0.25, -0.2) is 4.79 Å². The monoisotopic (exact) mass is 312 g/mol. The maximum Gasteiger partial charge on any atom is 0.420 e. The van der Waals surface area contributed by atoms with Crippen molar-refractivity contribution < 1.29 is 8.83 Å². The highest BCUT2D eigenvalue weighted by molar-refractivity contribution is 5.72. The molecule has 0 bridgehead atoms. The van der Waals surface area contributed by atoms with E-state index in [0.717, 1.165) is 49.5 Å². The highest BCUT2D eigenvalue weighted by atomic mass is 16.4. The summed E-state index contributed by atoms with van der Waals surface area (Å²) in [6, 6.07) is 11.8. The van der Waals surface area contributed by atoms with Gasteiger partial charge in [0.05, 0.1) is 18.1 Å². The third-order valence-corrected chi connectivity index (χ3v) is 4.54. The Labute approximate surface area is 134 Å². The molecule has 0 radical (unpaired) electrons. The van der Waals surface area contributed by atoms with E-state index >= 15 is 0 Å². The van der Waals surface area contributed by atoms with Crippen LogP contribution in [0.1, 0.15) is 30.4 Å². The van der Waals surface area contributed by atoms with Gasteiger partial charge in [0.1, 0.15) is 11.5 Å². The Kier molecular flexibility index (Phi) is 3.58. The number of furan rings is 1. The normalized spacial score (nSPS) is 19.4. The first kappa shape index (κ1) is 14.3. The molecule has 1 aliphatic rings. The maximum atomic E-state index is 12.3. The number of fused-ring (bicyclic) bond motifs is 1. The van der Waals surface area contributed by atoms with Crippen molar-refractivity contribution in [3.05, 3.63) is 58.5 Å². The van der Waals surface area contributed by atoms with Crippen LogP contribution < -0.4 is 5.76 Å². The molecular formula is C18H20N2O3. The van der Waals surface area contributed by atoms with Gasteiger partial charge in [0.2, 0.25) is 0 Å². The van der Waals surface area contributed by atoms with E-state index in [9.17, 15) is 4.79 Å². The number of nitrogens with zero attached hydrogens (tertiary/aromatic N) is 2. The van der Waals surface area contributed by atoms with Crippen molar-refractivity contribution >= 4 is 11.1 Å². The summed E-state index contributed by atoms with van der Waals surface area (Å²) in [6.07, 6.45) is 2.06. The van der Waals surface area contributed by atoms with Crippen LogP contribution in [-0.2, 0) is 6.54 Å². The molecule has 1 fully saturated rings. The van der Waals surface area contributed by atoms with Crippen LogP contribution in [0.5, 0.6) is 0 Å². The number of hydrogen-bond donors (Lipinski definition) is 0. The van der Waals surface area contributed by atoms with E-state index in [1.165, 1.54) is 0 Å². The number of likely N-dealkylation sites (tertiary alicyclic amines) is 1. The third-order valence-electron chi connectivity index (χ3n) is 4.54. The second-order valence-corrected chi connectivity index (χ2v) is 6.25. The lowest BCUT2D eigenvalue weighted by Crippen LogP contribution is -2.38. The van der Waals surface area contributed by atoms with Crippen molar-refractivity contribution in [2.24, 2.45) is 0 Å². The Morgan fingerprint density at radius 3 is 2.87 bits per heavy atom. The molecule has 0 spiro atoms. The van der Waals surface area contributed by atoms with E-state index in [4.69, 9.17) is 8.83 Å². The molecule has 1 atom stereocenters.